The molecule has 0 bridgehead atoms. The van der Waals surface area contributed by atoms with E-state index in [1.54, 1.807) is 0 Å². The van der Waals surface area contributed by atoms with Crippen molar-refractivity contribution in [3.05, 3.63) is 12.7 Å². The van der Waals surface area contributed by atoms with Crippen LogP contribution in [0.4, 0.5) is 0 Å². The average molecular weight is 295 g/mol. The largest absolute Gasteiger partial charge is 0.463 e. The maximum absolute atomic E-state index is 10.7. The molecule has 0 fully saturated rings. The van der Waals surface area contributed by atoms with Gasteiger partial charge >= 0.3 is 5.97 Å². The first-order chi connectivity index (χ1) is 8.16. The number of esters is 1. The number of hydrogen-bond acceptors (Lipinski definition) is 2. The molecule has 0 saturated carbocycles. The van der Waals surface area contributed by atoms with Gasteiger partial charge in [-0.2, -0.15) is 0 Å². The Balaban J connectivity index is 3.03. The van der Waals surface area contributed by atoms with Crippen LogP contribution in [0.15, 0.2) is 12.7 Å². The summed E-state index contributed by atoms with van der Waals surface area (Å²) in [7, 11) is 0.662. The lowest BCUT2D eigenvalue weighted by atomic mass is 10.1. The Bertz CT molecular complexity index is 211. The molecule has 0 saturated heterocycles. The van der Waals surface area contributed by atoms with E-state index in [0.29, 0.717) is 16.1 Å². The molecule has 0 aliphatic heterocycles. The Labute approximate surface area is 117 Å². The molecule has 0 aliphatic rings. The van der Waals surface area contributed by atoms with Gasteiger partial charge in [-0.15, -0.1) is 23.2 Å². The number of alkyl halides is 2. The Morgan fingerprint density at radius 3 is 2.35 bits per heavy atom. The fourth-order valence-corrected chi connectivity index (χ4v) is 2.70. The van der Waals surface area contributed by atoms with E-state index >= 15 is 0 Å². The highest BCUT2D eigenvalue weighted by molar-refractivity contribution is 6.68. The molecule has 0 spiro atoms. The van der Waals surface area contributed by atoms with E-state index < -0.39 is 0 Å². The second kappa shape index (κ2) is 12.5. The van der Waals surface area contributed by atoms with Crippen molar-refractivity contribution in [2.75, 3.05) is 6.61 Å². The van der Waals surface area contributed by atoms with Gasteiger partial charge in [0.1, 0.15) is 0 Å². The number of halogens is 2. The fourth-order valence-electron chi connectivity index (χ4n) is 1.38. The molecule has 0 aliphatic carbocycles. The molecular weight excluding hydrogens is 275 g/mol. The Hall–Kier alpha value is 0.00688. The van der Waals surface area contributed by atoms with Crippen LogP contribution in [0.1, 0.15) is 38.5 Å². The van der Waals surface area contributed by atoms with Gasteiger partial charge in [0.15, 0.2) is 0 Å². The molecule has 0 unspecified atom stereocenters. The van der Waals surface area contributed by atoms with Crippen LogP contribution < -0.4 is 0 Å². The van der Waals surface area contributed by atoms with Crippen molar-refractivity contribution < 1.29 is 9.53 Å². The van der Waals surface area contributed by atoms with E-state index in [-0.39, 0.29) is 10.4 Å². The van der Waals surface area contributed by atoms with Crippen LogP contribution in [0.25, 0.3) is 0 Å². The average Bonchev–Trinajstić information content (AvgIpc) is 2.30. The zero-order valence-electron chi connectivity index (χ0n) is 10.1. The third-order valence-corrected chi connectivity index (χ3v) is 4.16. The summed E-state index contributed by atoms with van der Waals surface area (Å²) in [6.45, 7) is 3.84. The fraction of sp³-hybridized carbons (Fsp3) is 0.750. The molecule has 0 amide bonds. The molecule has 5 heteroatoms. The summed E-state index contributed by atoms with van der Waals surface area (Å²) in [4.78, 5) is 10.7. The van der Waals surface area contributed by atoms with Gasteiger partial charge in [0.25, 0.3) is 0 Å². The van der Waals surface area contributed by atoms with Gasteiger partial charge in [-0.25, -0.2) is 4.79 Å². The molecular formula is C12H20Cl2O2Si. The smallest absolute Gasteiger partial charge is 0.330 e. The van der Waals surface area contributed by atoms with Crippen molar-refractivity contribution in [3.63, 3.8) is 0 Å². The maximum atomic E-state index is 10.7. The lowest BCUT2D eigenvalue weighted by molar-refractivity contribution is -0.137. The van der Waals surface area contributed by atoms with Crippen LogP contribution in [0.2, 0.25) is 6.04 Å². The van der Waals surface area contributed by atoms with E-state index in [9.17, 15) is 4.79 Å². The van der Waals surface area contributed by atoms with Crippen LogP contribution in [-0.4, -0.2) is 26.6 Å². The van der Waals surface area contributed by atoms with Crippen molar-refractivity contribution in [2.45, 2.75) is 49.0 Å². The molecule has 0 aromatic heterocycles. The van der Waals surface area contributed by atoms with Gasteiger partial charge in [-0.3, -0.25) is 0 Å². The summed E-state index contributed by atoms with van der Waals surface area (Å²) >= 11 is 11.3. The maximum Gasteiger partial charge on any atom is 0.330 e. The normalized spacial score (nSPS) is 10.5. The van der Waals surface area contributed by atoms with E-state index in [2.05, 4.69) is 6.58 Å². The third kappa shape index (κ3) is 13.9. The van der Waals surface area contributed by atoms with Crippen LogP contribution in [0, 0.1) is 0 Å². The van der Waals surface area contributed by atoms with Crippen LogP contribution in [0.5, 0.6) is 0 Å². The monoisotopic (exact) mass is 294 g/mol. The summed E-state index contributed by atoms with van der Waals surface area (Å²) in [5.74, 6) is -0.331. The van der Waals surface area contributed by atoms with Crippen LogP contribution in [-0.2, 0) is 9.53 Å². The molecule has 0 atom stereocenters. The number of ether oxygens (including phenoxy) is 1. The van der Waals surface area contributed by atoms with Crippen molar-refractivity contribution in [1.82, 2.24) is 0 Å². The first-order valence-corrected chi connectivity index (χ1v) is 8.13. The van der Waals surface area contributed by atoms with Crippen molar-refractivity contribution in [2.24, 2.45) is 0 Å². The molecule has 0 rings (SSSR count). The zero-order chi connectivity index (χ0) is 12.9. The van der Waals surface area contributed by atoms with Gasteiger partial charge < -0.3 is 4.74 Å². The van der Waals surface area contributed by atoms with Crippen molar-refractivity contribution in [3.8, 4) is 0 Å². The first-order valence-electron chi connectivity index (χ1n) is 5.97. The van der Waals surface area contributed by atoms with Gasteiger partial charge in [0, 0.05) is 6.08 Å². The molecule has 0 N–H and O–H groups in total. The van der Waals surface area contributed by atoms with E-state index in [4.69, 9.17) is 27.9 Å². The summed E-state index contributed by atoms with van der Waals surface area (Å²) in [6.07, 6.45) is 8.11. The van der Waals surface area contributed by atoms with Crippen LogP contribution >= 0.6 is 23.2 Å². The van der Waals surface area contributed by atoms with Crippen LogP contribution in [0.3, 0.4) is 0 Å². The lowest BCUT2D eigenvalue weighted by Crippen LogP contribution is -2.01. The second-order valence-electron chi connectivity index (χ2n) is 3.75. The standard InChI is InChI=1S/C12H20Cl2O2Si/c1-2-11(15)16-9-7-5-3-4-6-8-10-17-12(13)14/h2,12H,1,3-10H2. The summed E-state index contributed by atoms with van der Waals surface area (Å²) < 4.78 is 4.69. The van der Waals surface area contributed by atoms with E-state index in [1.807, 2.05) is 0 Å². The SMILES string of the molecule is C=CC(=O)OCCCCCCCC[Si]C(Cl)Cl. The van der Waals surface area contributed by atoms with E-state index in [0.717, 1.165) is 18.9 Å². The van der Waals surface area contributed by atoms with Crippen molar-refractivity contribution in [1.29, 1.82) is 0 Å². The first kappa shape index (κ1) is 17.0. The molecule has 0 aromatic carbocycles. The number of carbonyl (C=O) groups excluding carboxylic acids is 1. The number of unbranched alkanes of at least 4 members (excludes halogenated alkanes) is 5. The highest BCUT2D eigenvalue weighted by Gasteiger charge is 1.99. The summed E-state index contributed by atoms with van der Waals surface area (Å²) in [6, 6.07) is 1.13. The predicted octanol–water partition coefficient (Wildman–Crippen LogP) is 3.94. The quantitative estimate of drug-likeness (QED) is 0.190. The van der Waals surface area contributed by atoms with E-state index in [1.165, 1.54) is 31.8 Å². The Morgan fingerprint density at radius 1 is 1.18 bits per heavy atom. The summed E-state index contributed by atoms with van der Waals surface area (Å²) in [5, 5.41) is 0. The predicted molar refractivity (Wildman–Crippen MR) is 74.9 cm³/mol. The summed E-state index contributed by atoms with van der Waals surface area (Å²) in [5.41, 5.74) is 0. The number of hydrogen-bond donors (Lipinski definition) is 0. The number of carbonyl (C=O) groups is 1. The Morgan fingerprint density at radius 2 is 1.76 bits per heavy atom. The van der Waals surface area contributed by atoms with Crippen molar-refractivity contribution >= 4 is 38.7 Å². The Kier molecular flexibility index (Phi) is 12.5. The molecule has 0 heterocycles. The van der Waals surface area contributed by atoms with Gasteiger partial charge in [-0.05, 0) is 6.42 Å². The molecule has 17 heavy (non-hydrogen) atoms. The second-order valence-corrected chi connectivity index (χ2v) is 7.06. The number of rotatable bonds is 11. The molecule has 2 radical (unpaired) electrons. The lowest BCUT2D eigenvalue weighted by Gasteiger charge is -2.03. The zero-order valence-corrected chi connectivity index (χ0v) is 12.6. The highest BCUT2D eigenvalue weighted by atomic mass is 35.5. The van der Waals surface area contributed by atoms with Gasteiger partial charge in [-0.1, -0.05) is 44.7 Å². The highest BCUT2D eigenvalue weighted by Crippen LogP contribution is 2.09. The molecule has 98 valence electrons. The minimum Gasteiger partial charge on any atom is -0.463 e. The minimum atomic E-state index is -0.331. The third-order valence-electron chi connectivity index (χ3n) is 2.28. The van der Waals surface area contributed by atoms with Gasteiger partial charge in [0.2, 0.25) is 0 Å². The molecule has 0 aromatic rings. The minimum absolute atomic E-state index is 0.186. The molecule has 2 nitrogen and oxygen atoms in total. The topological polar surface area (TPSA) is 26.3 Å². The van der Waals surface area contributed by atoms with Gasteiger partial charge in [0.05, 0.1) is 20.6 Å².